The molecule has 2 fully saturated rings. The number of hydrogen-bond acceptors (Lipinski definition) is 2. The van der Waals surface area contributed by atoms with E-state index >= 15 is 0 Å². The van der Waals surface area contributed by atoms with Crippen LogP contribution in [0.15, 0.2) is 30.3 Å². The van der Waals surface area contributed by atoms with E-state index in [2.05, 4.69) is 60.9 Å². The third kappa shape index (κ3) is 2.19. The van der Waals surface area contributed by atoms with E-state index in [0.717, 1.165) is 18.6 Å². The number of piperazine rings is 1. The van der Waals surface area contributed by atoms with Crippen molar-refractivity contribution in [1.82, 2.24) is 9.80 Å². The molecule has 98 valence electrons. The van der Waals surface area contributed by atoms with E-state index in [0.29, 0.717) is 5.54 Å². The molecule has 2 nitrogen and oxygen atoms in total. The van der Waals surface area contributed by atoms with Crippen LogP contribution in [-0.2, 0) is 6.54 Å². The van der Waals surface area contributed by atoms with E-state index in [1.165, 1.54) is 25.1 Å². The Balaban J connectivity index is 1.64. The lowest BCUT2D eigenvalue weighted by Crippen LogP contribution is -2.53. The number of nitrogens with zero attached hydrogens (tertiary/aromatic N) is 2. The highest BCUT2D eigenvalue weighted by Gasteiger charge is 2.46. The van der Waals surface area contributed by atoms with Gasteiger partial charge in [0.05, 0.1) is 0 Å². The van der Waals surface area contributed by atoms with Gasteiger partial charge < -0.3 is 0 Å². The number of hydrogen-bond donors (Lipinski definition) is 0. The van der Waals surface area contributed by atoms with Crippen molar-refractivity contribution in [3.05, 3.63) is 35.9 Å². The van der Waals surface area contributed by atoms with Gasteiger partial charge in [-0.25, -0.2) is 0 Å². The minimum atomic E-state index is 0.332. The molecule has 2 heteroatoms. The SMILES string of the molecule is CC(C)(C)N1CC2CC1CN2Cc1ccccc1. The molecule has 2 aliphatic rings. The van der Waals surface area contributed by atoms with Crippen LogP contribution in [0.5, 0.6) is 0 Å². The first-order valence-electron chi connectivity index (χ1n) is 7.09. The van der Waals surface area contributed by atoms with Gasteiger partial charge in [0, 0.05) is 37.3 Å². The van der Waals surface area contributed by atoms with Crippen molar-refractivity contribution in [1.29, 1.82) is 0 Å². The second-order valence-corrected chi connectivity index (χ2v) is 6.78. The molecule has 0 amide bonds. The molecule has 0 spiro atoms. The summed E-state index contributed by atoms with van der Waals surface area (Å²) in [6.07, 6.45) is 1.37. The molecule has 1 aromatic carbocycles. The molecule has 2 heterocycles. The van der Waals surface area contributed by atoms with E-state index in [-0.39, 0.29) is 0 Å². The molecule has 2 saturated heterocycles. The molecule has 0 radical (unpaired) electrons. The number of rotatable bonds is 2. The smallest absolute Gasteiger partial charge is 0.0244 e. The van der Waals surface area contributed by atoms with Crippen molar-refractivity contribution < 1.29 is 0 Å². The first-order chi connectivity index (χ1) is 8.54. The van der Waals surface area contributed by atoms with Gasteiger partial charge in [-0.05, 0) is 32.8 Å². The monoisotopic (exact) mass is 244 g/mol. The highest BCUT2D eigenvalue weighted by atomic mass is 15.4. The molecule has 18 heavy (non-hydrogen) atoms. The van der Waals surface area contributed by atoms with Gasteiger partial charge in [0.25, 0.3) is 0 Å². The van der Waals surface area contributed by atoms with Crippen molar-refractivity contribution in [2.75, 3.05) is 13.1 Å². The number of benzene rings is 1. The Morgan fingerprint density at radius 3 is 2.33 bits per heavy atom. The van der Waals surface area contributed by atoms with Gasteiger partial charge in [-0.1, -0.05) is 30.3 Å². The molecule has 0 aliphatic carbocycles. The zero-order chi connectivity index (χ0) is 12.8. The maximum absolute atomic E-state index is 2.69. The fraction of sp³-hybridized carbons (Fsp3) is 0.625. The Labute approximate surface area is 111 Å². The topological polar surface area (TPSA) is 6.48 Å². The quantitative estimate of drug-likeness (QED) is 0.789. The number of likely N-dealkylation sites (tertiary alicyclic amines) is 2. The Morgan fingerprint density at radius 1 is 1.06 bits per heavy atom. The first-order valence-corrected chi connectivity index (χ1v) is 7.09. The van der Waals surface area contributed by atoms with Crippen molar-refractivity contribution in [3.63, 3.8) is 0 Å². The summed E-state index contributed by atoms with van der Waals surface area (Å²) >= 11 is 0. The highest BCUT2D eigenvalue weighted by Crippen LogP contribution is 2.36. The first kappa shape index (κ1) is 12.2. The van der Waals surface area contributed by atoms with Gasteiger partial charge in [0.15, 0.2) is 0 Å². The van der Waals surface area contributed by atoms with Crippen molar-refractivity contribution in [2.45, 2.75) is 51.4 Å². The summed E-state index contributed by atoms with van der Waals surface area (Å²) in [5.41, 5.74) is 1.78. The third-order valence-electron chi connectivity index (χ3n) is 4.44. The van der Waals surface area contributed by atoms with Crippen LogP contribution in [0.4, 0.5) is 0 Å². The predicted octanol–water partition coefficient (Wildman–Crippen LogP) is 2.74. The zero-order valence-corrected chi connectivity index (χ0v) is 11.8. The van der Waals surface area contributed by atoms with E-state index in [1.807, 2.05) is 0 Å². The molecular formula is C16H24N2. The van der Waals surface area contributed by atoms with Crippen molar-refractivity contribution in [3.8, 4) is 0 Å². The molecular weight excluding hydrogens is 220 g/mol. The summed E-state index contributed by atoms with van der Waals surface area (Å²) in [6, 6.07) is 12.4. The van der Waals surface area contributed by atoms with Gasteiger partial charge >= 0.3 is 0 Å². The van der Waals surface area contributed by atoms with Crippen LogP contribution in [0.2, 0.25) is 0 Å². The molecule has 2 unspecified atom stereocenters. The van der Waals surface area contributed by atoms with Crippen molar-refractivity contribution in [2.24, 2.45) is 0 Å². The van der Waals surface area contributed by atoms with Crippen LogP contribution in [0.25, 0.3) is 0 Å². The molecule has 2 atom stereocenters. The lowest BCUT2D eigenvalue weighted by atomic mass is 10.0. The second-order valence-electron chi connectivity index (χ2n) is 6.78. The molecule has 2 aliphatic heterocycles. The van der Waals surface area contributed by atoms with Gasteiger partial charge in [-0.3, -0.25) is 9.80 Å². The predicted molar refractivity (Wildman–Crippen MR) is 75.5 cm³/mol. The largest absolute Gasteiger partial charge is 0.293 e. The van der Waals surface area contributed by atoms with Gasteiger partial charge in [0.2, 0.25) is 0 Å². The van der Waals surface area contributed by atoms with Gasteiger partial charge in [-0.15, -0.1) is 0 Å². The average molecular weight is 244 g/mol. The molecule has 0 N–H and O–H groups in total. The molecule has 0 saturated carbocycles. The van der Waals surface area contributed by atoms with E-state index < -0.39 is 0 Å². The lowest BCUT2D eigenvalue weighted by Gasteiger charge is -2.42. The Morgan fingerprint density at radius 2 is 1.78 bits per heavy atom. The summed E-state index contributed by atoms with van der Waals surface area (Å²) in [6.45, 7) is 10.7. The van der Waals surface area contributed by atoms with Crippen molar-refractivity contribution >= 4 is 0 Å². The average Bonchev–Trinajstić information content (AvgIpc) is 2.89. The van der Waals surface area contributed by atoms with Crippen LogP contribution in [0.1, 0.15) is 32.8 Å². The zero-order valence-electron chi connectivity index (χ0n) is 11.8. The second kappa shape index (κ2) is 4.36. The Hall–Kier alpha value is -0.860. The fourth-order valence-corrected chi connectivity index (χ4v) is 3.58. The highest BCUT2D eigenvalue weighted by molar-refractivity contribution is 5.16. The maximum Gasteiger partial charge on any atom is 0.0244 e. The van der Waals surface area contributed by atoms with E-state index in [9.17, 15) is 0 Å². The molecule has 1 aromatic rings. The fourth-order valence-electron chi connectivity index (χ4n) is 3.58. The summed E-state index contributed by atoms with van der Waals surface area (Å²) < 4.78 is 0. The maximum atomic E-state index is 2.69. The third-order valence-corrected chi connectivity index (χ3v) is 4.44. The standard InChI is InChI=1S/C16H24N2/c1-16(2,3)18-12-14-9-15(18)11-17(14)10-13-7-5-4-6-8-13/h4-8,14-15H,9-12H2,1-3H3. The van der Waals surface area contributed by atoms with Crippen LogP contribution >= 0.6 is 0 Å². The van der Waals surface area contributed by atoms with E-state index in [1.54, 1.807) is 0 Å². The molecule has 0 aromatic heterocycles. The normalized spacial score (nSPS) is 29.1. The lowest BCUT2D eigenvalue weighted by molar-refractivity contribution is 0.0545. The van der Waals surface area contributed by atoms with Gasteiger partial charge in [-0.2, -0.15) is 0 Å². The van der Waals surface area contributed by atoms with E-state index in [4.69, 9.17) is 0 Å². The Bertz CT molecular complexity index is 407. The van der Waals surface area contributed by atoms with Gasteiger partial charge in [0.1, 0.15) is 0 Å². The minimum absolute atomic E-state index is 0.332. The van der Waals surface area contributed by atoms with Crippen LogP contribution in [0, 0.1) is 0 Å². The summed E-state index contributed by atoms with van der Waals surface area (Å²) in [7, 11) is 0. The minimum Gasteiger partial charge on any atom is -0.293 e. The summed E-state index contributed by atoms with van der Waals surface area (Å²) in [5, 5.41) is 0. The molecule has 3 rings (SSSR count). The Kier molecular flexibility index (Phi) is 2.95. The van der Waals surface area contributed by atoms with Crippen LogP contribution in [0.3, 0.4) is 0 Å². The van der Waals surface area contributed by atoms with Crippen LogP contribution in [-0.4, -0.2) is 40.5 Å². The molecule has 2 bridgehead atoms. The summed E-state index contributed by atoms with van der Waals surface area (Å²) in [5.74, 6) is 0. The number of fused-ring (bicyclic) bond motifs is 2. The summed E-state index contributed by atoms with van der Waals surface area (Å²) in [4.78, 5) is 5.36. The van der Waals surface area contributed by atoms with Crippen LogP contribution < -0.4 is 0 Å².